The highest BCUT2D eigenvalue weighted by molar-refractivity contribution is 5.74. The van der Waals surface area contributed by atoms with Gasteiger partial charge in [-0.25, -0.2) is 4.79 Å². The first-order valence-electron chi connectivity index (χ1n) is 10.0. The van der Waals surface area contributed by atoms with Crippen LogP contribution in [0.1, 0.15) is 12.8 Å². The number of rotatable bonds is 7. The summed E-state index contributed by atoms with van der Waals surface area (Å²) in [6.07, 6.45) is 2.11. The molecular weight excluding hydrogens is 352 g/mol. The van der Waals surface area contributed by atoms with Crippen molar-refractivity contribution < 1.29 is 4.74 Å². The Balaban J connectivity index is 1.23. The van der Waals surface area contributed by atoms with Crippen LogP contribution in [0, 0.1) is 0 Å². The maximum Gasteiger partial charge on any atom is 0.326 e. The number of nitrogens with one attached hydrogen (secondary N) is 1. The number of anilines is 1. The van der Waals surface area contributed by atoms with Gasteiger partial charge in [-0.2, -0.15) is 0 Å². The molecule has 1 N–H and O–H groups in total. The Morgan fingerprint density at radius 1 is 0.964 bits per heavy atom. The number of nitrogens with zero attached hydrogens (tertiary/aromatic N) is 3. The summed E-state index contributed by atoms with van der Waals surface area (Å²) in [6.45, 7) is 6.08. The Morgan fingerprint density at radius 2 is 1.75 bits per heavy atom. The number of imidazole rings is 1. The predicted molar refractivity (Wildman–Crippen MR) is 113 cm³/mol. The van der Waals surface area contributed by atoms with E-state index in [1.54, 1.807) is 7.11 Å². The number of unbranched alkanes of at least 4 members (excludes halogenated alkanes) is 1. The first-order valence-corrected chi connectivity index (χ1v) is 10.0. The monoisotopic (exact) mass is 380 g/mol. The lowest BCUT2D eigenvalue weighted by atomic mass is 10.2. The number of piperazine rings is 1. The minimum atomic E-state index is -0.00639. The maximum absolute atomic E-state index is 12.1. The Hall–Kier alpha value is -2.73. The summed E-state index contributed by atoms with van der Waals surface area (Å²) in [6, 6.07) is 16.2. The number of aromatic nitrogens is 2. The number of para-hydroxylation sites is 2. The number of aromatic amines is 1. The largest absolute Gasteiger partial charge is 0.497 e. The van der Waals surface area contributed by atoms with Crippen LogP contribution in [0.15, 0.2) is 53.3 Å². The van der Waals surface area contributed by atoms with Crippen molar-refractivity contribution in [1.82, 2.24) is 14.5 Å². The molecule has 1 aliphatic heterocycles. The summed E-state index contributed by atoms with van der Waals surface area (Å²) in [5.41, 5.74) is 3.14. The molecular formula is C22H28N4O2. The van der Waals surface area contributed by atoms with Crippen molar-refractivity contribution in [3.63, 3.8) is 0 Å². The second kappa shape index (κ2) is 8.52. The SMILES string of the molecule is COc1cccc(N2CCN(CCCCn3c(=O)[nH]c4ccccc43)CC2)c1. The van der Waals surface area contributed by atoms with Crippen LogP contribution in [-0.4, -0.2) is 54.3 Å². The van der Waals surface area contributed by atoms with E-state index in [2.05, 4.69) is 26.9 Å². The molecule has 6 nitrogen and oxygen atoms in total. The number of benzene rings is 2. The van der Waals surface area contributed by atoms with Crippen molar-refractivity contribution in [1.29, 1.82) is 0 Å². The third kappa shape index (κ3) is 4.07. The highest BCUT2D eigenvalue weighted by Gasteiger charge is 2.17. The van der Waals surface area contributed by atoms with E-state index < -0.39 is 0 Å². The van der Waals surface area contributed by atoms with E-state index in [-0.39, 0.29) is 5.69 Å². The highest BCUT2D eigenvalue weighted by atomic mass is 16.5. The highest BCUT2D eigenvalue weighted by Crippen LogP contribution is 2.22. The van der Waals surface area contributed by atoms with Crippen LogP contribution in [0.25, 0.3) is 11.0 Å². The molecule has 0 saturated carbocycles. The molecule has 6 heteroatoms. The summed E-state index contributed by atoms with van der Waals surface area (Å²) in [5, 5.41) is 0. The van der Waals surface area contributed by atoms with Gasteiger partial charge < -0.3 is 14.6 Å². The van der Waals surface area contributed by atoms with Crippen molar-refractivity contribution in [3.05, 3.63) is 59.0 Å². The molecule has 0 aliphatic carbocycles. The van der Waals surface area contributed by atoms with E-state index in [1.807, 2.05) is 41.0 Å². The number of methoxy groups -OCH3 is 1. The topological polar surface area (TPSA) is 53.5 Å². The van der Waals surface area contributed by atoms with E-state index in [0.29, 0.717) is 0 Å². The molecule has 4 rings (SSSR count). The van der Waals surface area contributed by atoms with E-state index in [9.17, 15) is 4.79 Å². The third-order valence-corrected chi connectivity index (χ3v) is 5.58. The van der Waals surface area contributed by atoms with Gasteiger partial charge in [0.15, 0.2) is 0 Å². The first kappa shape index (κ1) is 18.6. The Labute approximate surface area is 165 Å². The molecule has 0 bridgehead atoms. The van der Waals surface area contributed by atoms with Crippen molar-refractivity contribution in [3.8, 4) is 5.75 Å². The van der Waals surface area contributed by atoms with Crippen LogP contribution in [-0.2, 0) is 6.54 Å². The molecule has 3 aromatic rings. The van der Waals surface area contributed by atoms with E-state index in [1.165, 1.54) is 5.69 Å². The van der Waals surface area contributed by atoms with E-state index in [4.69, 9.17) is 4.74 Å². The molecule has 0 unspecified atom stereocenters. The lowest BCUT2D eigenvalue weighted by Gasteiger charge is -2.36. The molecule has 0 amide bonds. The fourth-order valence-electron chi connectivity index (χ4n) is 3.97. The molecule has 148 valence electrons. The molecule has 1 fully saturated rings. The number of hydrogen-bond acceptors (Lipinski definition) is 4. The lowest BCUT2D eigenvalue weighted by molar-refractivity contribution is 0.251. The molecule has 2 aromatic carbocycles. The fourth-order valence-corrected chi connectivity index (χ4v) is 3.97. The summed E-state index contributed by atoms with van der Waals surface area (Å²) >= 11 is 0. The lowest BCUT2D eigenvalue weighted by Crippen LogP contribution is -2.46. The van der Waals surface area contributed by atoms with Gasteiger partial charge in [-0.15, -0.1) is 0 Å². The zero-order valence-corrected chi connectivity index (χ0v) is 16.4. The van der Waals surface area contributed by atoms with E-state index >= 15 is 0 Å². The fraction of sp³-hybridized carbons (Fsp3) is 0.409. The molecule has 1 saturated heterocycles. The van der Waals surface area contributed by atoms with Crippen LogP contribution >= 0.6 is 0 Å². The van der Waals surface area contributed by atoms with Crippen molar-refractivity contribution >= 4 is 16.7 Å². The van der Waals surface area contributed by atoms with Crippen LogP contribution < -0.4 is 15.3 Å². The van der Waals surface area contributed by atoms with Gasteiger partial charge in [0.1, 0.15) is 5.75 Å². The molecule has 0 atom stereocenters. The number of H-pyrrole nitrogens is 1. The van der Waals surface area contributed by atoms with Gasteiger partial charge in [-0.05, 0) is 43.7 Å². The van der Waals surface area contributed by atoms with Crippen LogP contribution in [0.4, 0.5) is 5.69 Å². The minimum Gasteiger partial charge on any atom is -0.497 e. The van der Waals surface area contributed by atoms with Crippen LogP contribution in [0.5, 0.6) is 5.75 Å². The van der Waals surface area contributed by atoms with Crippen LogP contribution in [0.2, 0.25) is 0 Å². The van der Waals surface area contributed by atoms with Gasteiger partial charge in [0.05, 0.1) is 18.1 Å². The zero-order chi connectivity index (χ0) is 19.3. The van der Waals surface area contributed by atoms with Gasteiger partial charge in [0.2, 0.25) is 0 Å². The molecule has 28 heavy (non-hydrogen) atoms. The smallest absolute Gasteiger partial charge is 0.326 e. The van der Waals surface area contributed by atoms with Crippen molar-refractivity contribution in [2.75, 3.05) is 44.7 Å². The number of aryl methyl sites for hydroxylation is 1. The van der Waals surface area contributed by atoms with Gasteiger partial charge in [0, 0.05) is 44.5 Å². The zero-order valence-electron chi connectivity index (χ0n) is 16.4. The average molecular weight is 380 g/mol. The molecule has 2 heterocycles. The van der Waals surface area contributed by atoms with Crippen molar-refractivity contribution in [2.24, 2.45) is 0 Å². The summed E-state index contributed by atoms with van der Waals surface area (Å²) < 4.78 is 7.19. The second-order valence-corrected chi connectivity index (χ2v) is 7.34. The summed E-state index contributed by atoms with van der Waals surface area (Å²) in [4.78, 5) is 20.0. The maximum atomic E-state index is 12.1. The minimum absolute atomic E-state index is 0.00639. The summed E-state index contributed by atoms with van der Waals surface area (Å²) in [7, 11) is 1.71. The molecule has 1 aromatic heterocycles. The predicted octanol–water partition coefficient (Wildman–Crippen LogP) is 2.94. The van der Waals surface area contributed by atoms with E-state index in [0.717, 1.165) is 68.9 Å². The second-order valence-electron chi connectivity index (χ2n) is 7.34. The number of hydrogen-bond donors (Lipinski definition) is 1. The standard InChI is InChI=1S/C22H28N4O2/c1-28-19-8-6-7-18(17-19)25-15-13-24(14-16-25)11-4-5-12-26-21-10-3-2-9-20(21)23-22(26)27/h2-3,6-10,17H,4-5,11-16H2,1H3,(H,23,27). The van der Waals surface area contributed by atoms with Gasteiger partial charge in [-0.1, -0.05) is 18.2 Å². The number of fused-ring (bicyclic) bond motifs is 1. The van der Waals surface area contributed by atoms with Crippen LogP contribution in [0.3, 0.4) is 0 Å². The normalized spacial score (nSPS) is 15.2. The average Bonchev–Trinajstić information content (AvgIpc) is 3.07. The summed E-state index contributed by atoms with van der Waals surface area (Å²) in [5.74, 6) is 0.910. The van der Waals surface area contributed by atoms with Gasteiger partial charge in [0.25, 0.3) is 0 Å². The first-order chi connectivity index (χ1) is 13.7. The third-order valence-electron chi connectivity index (χ3n) is 5.58. The number of ether oxygens (including phenoxy) is 1. The Bertz CT molecular complexity index is 970. The van der Waals surface area contributed by atoms with Gasteiger partial charge >= 0.3 is 5.69 Å². The molecule has 1 aliphatic rings. The quantitative estimate of drug-likeness (QED) is 0.641. The Morgan fingerprint density at radius 3 is 2.57 bits per heavy atom. The van der Waals surface area contributed by atoms with Crippen molar-refractivity contribution in [2.45, 2.75) is 19.4 Å². The molecule has 0 radical (unpaired) electrons. The van der Waals surface area contributed by atoms with Gasteiger partial charge in [-0.3, -0.25) is 9.47 Å². The Kier molecular flexibility index (Phi) is 5.67. The molecule has 0 spiro atoms.